The minimum atomic E-state index is 0.938. The van der Waals surface area contributed by atoms with E-state index in [2.05, 4.69) is 0 Å². The van der Waals surface area contributed by atoms with E-state index in [1.807, 2.05) is 49.4 Å². The lowest BCUT2D eigenvalue weighted by atomic mass is 10.2. The van der Waals surface area contributed by atoms with Gasteiger partial charge in [0.2, 0.25) is 0 Å². The predicted molar refractivity (Wildman–Crippen MR) is 48.9 cm³/mol. The summed E-state index contributed by atoms with van der Waals surface area (Å²) in [4.78, 5) is 0. The van der Waals surface area contributed by atoms with E-state index >= 15 is 0 Å². The molecule has 0 aliphatic heterocycles. The third kappa shape index (κ3) is 1.26. The zero-order valence-electron chi connectivity index (χ0n) is 6.95. The smallest absolute Gasteiger partial charge is 0.134 e. The van der Waals surface area contributed by atoms with Crippen LogP contribution < -0.4 is 0 Å². The van der Waals surface area contributed by atoms with Crippen LogP contribution in [0.25, 0.3) is 11.3 Å². The van der Waals surface area contributed by atoms with Crippen molar-refractivity contribution >= 4 is 0 Å². The first-order valence-electron chi connectivity index (χ1n) is 3.98. The van der Waals surface area contributed by atoms with Crippen molar-refractivity contribution in [2.45, 2.75) is 6.92 Å². The molecule has 0 amide bonds. The fourth-order valence-corrected chi connectivity index (χ4v) is 1.19. The molecule has 0 N–H and O–H groups in total. The molecular weight excluding hydrogens is 148 g/mol. The topological polar surface area (TPSA) is 13.1 Å². The van der Waals surface area contributed by atoms with E-state index in [0.29, 0.717) is 0 Å². The van der Waals surface area contributed by atoms with Gasteiger partial charge in [-0.25, -0.2) is 0 Å². The first-order valence-corrected chi connectivity index (χ1v) is 3.98. The van der Waals surface area contributed by atoms with Crippen LogP contribution in [-0.2, 0) is 0 Å². The highest BCUT2D eigenvalue weighted by Gasteiger charge is 1.99. The molecule has 1 aromatic heterocycles. The zero-order valence-corrected chi connectivity index (χ0v) is 6.95. The largest absolute Gasteiger partial charge is 0.461 e. The van der Waals surface area contributed by atoms with Gasteiger partial charge in [-0.1, -0.05) is 30.3 Å². The predicted octanol–water partition coefficient (Wildman–Crippen LogP) is 3.26. The van der Waals surface area contributed by atoms with Gasteiger partial charge in [0.05, 0.1) is 0 Å². The number of furan rings is 1. The van der Waals surface area contributed by atoms with Gasteiger partial charge in [-0.05, 0) is 19.1 Å². The second-order valence-electron chi connectivity index (χ2n) is 2.78. The van der Waals surface area contributed by atoms with E-state index in [9.17, 15) is 0 Å². The molecule has 0 spiro atoms. The maximum Gasteiger partial charge on any atom is 0.134 e. The van der Waals surface area contributed by atoms with E-state index in [1.165, 1.54) is 0 Å². The van der Waals surface area contributed by atoms with Gasteiger partial charge in [-0.2, -0.15) is 0 Å². The Morgan fingerprint density at radius 3 is 2.25 bits per heavy atom. The molecule has 0 bridgehead atoms. The highest BCUT2D eigenvalue weighted by atomic mass is 16.3. The van der Waals surface area contributed by atoms with Crippen molar-refractivity contribution in [2.75, 3.05) is 0 Å². The molecule has 0 saturated heterocycles. The average Bonchev–Trinajstić information content (AvgIpc) is 2.54. The quantitative estimate of drug-likeness (QED) is 0.620. The van der Waals surface area contributed by atoms with Crippen LogP contribution in [0, 0.1) is 6.92 Å². The van der Waals surface area contributed by atoms with E-state index in [4.69, 9.17) is 4.42 Å². The molecule has 1 aromatic carbocycles. The Morgan fingerprint density at radius 2 is 1.67 bits per heavy atom. The normalized spacial score (nSPS) is 10.1. The molecule has 2 aromatic rings. The van der Waals surface area contributed by atoms with Gasteiger partial charge in [0.25, 0.3) is 0 Å². The Labute approximate surface area is 71.6 Å². The van der Waals surface area contributed by atoms with Gasteiger partial charge in [-0.15, -0.1) is 0 Å². The highest BCUT2D eigenvalue weighted by Crippen LogP contribution is 2.20. The summed E-state index contributed by atoms with van der Waals surface area (Å²) in [5, 5.41) is 0. The molecule has 0 saturated carbocycles. The van der Waals surface area contributed by atoms with Gasteiger partial charge >= 0.3 is 0 Å². The van der Waals surface area contributed by atoms with Crippen LogP contribution >= 0.6 is 0 Å². The van der Waals surface area contributed by atoms with Crippen LogP contribution in [0.3, 0.4) is 0 Å². The minimum absolute atomic E-state index is 0.938. The van der Waals surface area contributed by atoms with Crippen molar-refractivity contribution in [1.29, 1.82) is 0 Å². The maximum absolute atomic E-state index is 5.47. The zero-order chi connectivity index (χ0) is 8.39. The molecular formula is C11H10O. The fourth-order valence-electron chi connectivity index (χ4n) is 1.19. The Bertz CT molecular complexity index is 360. The number of aryl methyl sites for hydroxylation is 1. The van der Waals surface area contributed by atoms with E-state index < -0.39 is 0 Å². The third-order valence-electron chi connectivity index (χ3n) is 1.80. The first kappa shape index (κ1) is 7.17. The van der Waals surface area contributed by atoms with Crippen molar-refractivity contribution in [1.82, 2.24) is 0 Å². The van der Waals surface area contributed by atoms with E-state index in [0.717, 1.165) is 17.1 Å². The van der Waals surface area contributed by atoms with Crippen molar-refractivity contribution < 1.29 is 4.42 Å². The first-order chi connectivity index (χ1) is 5.86. The van der Waals surface area contributed by atoms with Crippen LogP contribution in [-0.4, -0.2) is 0 Å². The Hall–Kier alpha value is -1.50. The number of rotatable bonds is 1. The highest BCUT2D eigenvalue weighted by molar-refractivity contribution is 5.56. The summed E-state index contributed by atoms with van der Waals surface area (Å²) in [5.74, 6) is 1.89. The molecule has 1 heteroatoms. The Kier molecular flexibility index (Phi) is 1.71. The van der Waals surface area contributed by atoms with Crippen molar-refractivity contribution in [2.24, 2.45) is 0 Å². The molecule has 0 aliphatic rings. The van der Waals surface area contributed by atoms with Crippen LogP contribution in [0.2, 0.25) is 0 Å². The molecule has 0 unspecified atom stereocenters. The second kappa shape index (κ2) is 2.86. The molecule has 1 nitrogen and oxygen atoms in total. The Morgan fingerprint density at radius 1 is 0.917 bits per heavy atom. The summed E-state index contributed by atoms with van der Waals surface area (Å²) in [7, 11) is 0. The summed E-state index contributed by atoms with van der Waals surface area (Å²) in [6.07, 6.45) is 0. The molecule has 12 heavy (non-hydrogen) atoms. The molecule has 0 atom stereocenters. The monoisotopic (exact) mass is 158 g/mol. The standard InChI is InChI=1S/C11H10O/c1-9-7-8-11(12-9)10-5-3-2-4-6-10/h2-8H,1H3. The van der Waals surface area contributed by atoms with Crippen molar-refractivity contribution in [3.05, 3.63) is 48.2 Å². The molecule has 1 heterocycles. The molecule has 0 fully saturated rings. The van der Waals surface area contributed by atoms with Crippen molar-refractivity contribution in [3.8, 4) is 11.3 Å². The molecule has 0 aliphatic carbocycles. The lowest BCUT2D eigenvalue weighted by Crippen LogP contribution is -1.69. The molecule has 60 valence electrons. The number of hydrogen-bond acceptors (Lipinski definition) is 1. The minimum Gasteiger partial charge on any atom is -0.461 e. The molecule has 2 rings (SSSR count). The van der Waals surface area contributed by atoms with Crippen LogP contribution in [0.15, 0.2) is 46.9 Å². The van der Waals surface area contributed by atoms with Crippen LogP contribution in [0.4, 0.5) is 0 Å². The number of hydrogen-bond donors (Lipinski definition) is 0. The van der Waals surface area contributed by atoms with Gasteiger partial charge < -0.3 is 4.42 Å². The van der Waals surface area contributed by atoms with Crippen LogP contribution in [0.5, 0.6) is 0 Å². The van der Waals surface area contributed by atoms with E-state index in [1.54, 1.807) is 0 Å². The lowest BCUT2D eigenvalue weighted by Gasteiger charge is -1.93. The average molecular weight is 158 g/mol. The van der Waals surface area contributed by atoms with Crippen LogP contribution in [0.1, 0.15) is 5.76 Å². The second-order valence-corrected chi connectivity index (χ2v) is 2.78. The lowest BCUT2D eigenvalue weighted by molar-refractivity contribution is 0.548. The van der Waals surface area contributed by atoms with Gasteiger partial charge in [0.15, 0.2) is 0 Å². The summed E-state index contributed by atoms with van der Waals surface area (Å²) < 4.78 is 5.47. The summed E-state index contributed by atoms with van der Waals surface area (Å²) in [6.45, 7) is 1.95. The maximum atomic E-state index is 5.47. The van der Waals surface area contributed by atoms with Gasteiger partial charge in [0.1, 0.15) is 11.5 Å². The van der Waals surface area contributed by atoms with Gasteiger partial charge in [-0.3, -0.25) is 0 Å². The fraction of sp³-hybridized carbons (Fsp3) is 0.0909. The third-order valence-corrected chi connectivity index (χ3v) is 1.80. The molecule has 0 radical (unpaired) electrons. The SMILES string of the molecule is Cc1ccc(-c2ccccc2)o1. The Balaban J connectivity index is 2.45. The number of benzene rings is 1. The summed E-state index contributed by atoms with van der Waals surface area (Å²) in [5.41, 5.74) is 1.13. The summed E-state index contributed by atoms with van der Waals surface area (Å²) >= 11 is 0. The summed E-state index contributed by atoms with van der Waals surface area (Å²) in [6, 6.07) is 14.1. The van der Waals surface area contributed by atoms with Crippen molar-refractivity contribution in [3.63, 3.8) is 0 Å². The van der Waals surface area contributed by atoms with E-state index in [-0.39, 0.29) is 0 Å². The van der Waals surface area contributed by atoms with Gasteiger partial charge in [0, 0.05) is 5.56 Å².